The van der Waals surface area contributed by atoms with E-state index in [2.05, 4.69) is 33.3 Å². The number of ether oxygens (including phenoxy) is 6. The number of allylic oxidation sites excluding steroid dienone is 4. The molecule has 2 saturated heterocycles. The minimum absolute atomic E-state index is 0.0201. The van der Waals surface area contributed by atoms with Crippen molar-refractivity contribution in [1.29, 1.82) is 0 Å². The van der Waals surface area contributed by atoms with Gasteiger partial charge in [-0.25, -0.2) is 16.8 Å². The van der Waals surface area contributed by atoms with Crippen molar-refractivity contribution in [3.8, 4) is 23.5 Å². The molecule has 4 aromatic rings. The highest BCUT2D eigenvalue weighted by atomic mass is 35.5. The fourth-order valence-electron chi connectivity index (χ4n) is 16.6. The zero-order valence-electron chi connectivity index (χ0n) is 66.7. The molecule has 4 saturated carbocycles. The van der Waals surface area contributed by atoms with E-state index in [9.17, 15) is 55.2 Å². The summed E-state index contributed by atoms with van der Waals surface area (Å²) in [6.07, 6.45) is 13.5. The monoisotopic (exact) mass is 1630 g/mol. The number of pyridine rings is 2. The highest BCUT2D eigenvalue weighted by Gasteiger charge is 2.65. The molecule has 4 amide bonds. The molecule has 2 aromatic heterocycles. The molecule has 2 N–H and O–H groups in total. The van der Waals surface area contributed by atoms with Crippen LogP contribution in [0.2, 0.25) is 10.0 Å². The number of hydrogen-bond donors (Lipinski definition) is 2. The van der Waals surface area contributed by atoms with Crippen LogP contribution >= 0.6 is 23.2 Å². The van der Waals surface area contributed by atoms with E-state index in [4.69, 9.17) is 51.6 Å². The second-order valence-electron chi connectivity index (χ2n) is 34.2. The molecule has 0 radical (unpaired) electrons. The summed E-state index contributed by atoms with van der Waals surface area (Å²) in [5.74, 6) is -4.97. The number of carbonyl (C=O) groups excluding carboxylic acids is 8. The normalized spacial score (nSPS) is 29.8. The van der Waals surface area contributed by atoms with Gasteiger partial charge in [0.25, 0.3) is 0 Å². The number of nitrogens with zero attached hydrogens (tertiary/aromatic N) is 4. The van der Waals surface area contributed by atoms with Crippen LogP contribution in [0, 0.1) is 58.2 Å². The third kappa shape index (κ3) is 19.6. The van der Waals surface area contributed by atoms with Crippen molar-refractivity contribution in [2.45, 2.75) is 257 Å². The lowest BCUT2D eigenvalue weighted by atomic mass is 9.82. The third-order valence-electron chi connectivity index (χ3n) is 24.1. The molecule has 24 nitrogen and oxygen atoms in total. The first-order chi connectivity index (χ1) is 52.9. The van der Waals surface area contributed by atoms with Gasteiger partial charge in [0.2, 0.25) is 67.2 Å². The Bertz CT molecular complexity index is 4250. The topological polar surface area (TPSA) is 317 Å². The van der Waals surface area contributed by atoms with E-state index < -0.39 is 100 Å². The number of aromatic nitrogens is 2. The first-order valence-corrected chi connectivity index (χ1v) is 44.0. The summed E-state index contributed by atoms with van der Waals surface area (Å²) >= 11 is 13.2. The molecule has 8 aliphatic rings. The number of halogens is 2. The molecule has 0 spiro atoms. The van der Waals surface area contributed by atoms with Gasteiger partial charge in [0.05, 0.1) is 95.6 Å². The maximum absolute atomic E-state index is 14.9. The number of hydrogen-bond acceptors (Lipinski definition) is 20. The number of benzene rings is 2. The number of carbonyl (C=O) groups is 8. The Morgan fingerprint density at radius 2 is 0.938 bits per heavy atom. The van der Waals surface area contributed by atoms with Gasteiger partial charge < -0.3 is 38.2 Å². The van der Waals surface area contributed by atoms with E-state index in [0.29, 0.717) is 121 Å². The van der Waals surface area contributed by atoms with Gasteiger partial charge in [-0.2, -0.15) is 9.97 Å². The minimum Gasteiger partial charge on any atom is -0.478 e. The Labute approximate surface area is 669 Å². The largest absolute Gasteiger partial charge is 0.478 e. The Morgan fingerprint density at radius 3 is 1.29 bits per heavy atom. The molecular formula is C84H112Cl2N6O18S2. The van der Waals surface area contributed by atoms with Crippen LogP contribution in [0.15, 0.2) is 72.8 Å². The van der Waals surface area contributed by atoms with Crippen LogP contribution < -0.4 is 28.4 Å². The van der Waals surface area contributed by atoms with Gasteiger partial charge in [-0.3, -0.25) is 47.8 Å². The van der Waals surface area contributed by atoms with Crippen LogP contribution in [0.4, 0.5) is 0 Å². The van der Waals surface area contributed by atoms with Crippen molar-refractivity contribution in [2.24, 2.45) is 58.2 Å². The van der Waals surface area contributed by atoms with Crippen LogP contribution in [-0.2, 0) is 67.9 Å². The van der Waals surface area contributed by atoms with Gasteiger partial charge in [0, 0.05) is 69.4 Å². The Morgan fingerprint density at radius 1 is 0.562 bits per heavy atom. The number of nitrogens with one attached hydrogen (secondary N) is 2. The average molecular weight is 1630 g/mol. The summed E-state index contributed by atoms with van der Waals surface area (Å²) in [4.78, 5) is 126. The summed E-state index contributed by atoms with van der Waals surface area (Å²) in [5.41, 5.74) is -2.56. The van der Waals surface area contributed by atoms with Crippen LogP contribution in [0.5, 0.6) is 23.5 Å². The van der Waals surface area contributed by atoms with E-state index in [-0.39, 0.29) is 134 Å². The Kier molecular flexibility index (Phi) is 26.7. The van der Waals surface area contributed by atoms with Crippen molar-refractivity contribution >= 4 is 112 Å². The fraction of sp³-hybridized carbons (Fsp3) is 0.643. The average Bonchev–Trinajstić information content (AvgIpc) is 1.57. The molecule has 112 heavy (non-hydrogen) atoms. The molecule has 0 bridgehead atoms. The maximum atomic E-state index is 14.9. The van der Waals surface area contributed by atoms with Crippen molar-refractivity contribution in [3.05, 3.63) is 82.9 Å². The number of esters is 2. The Hall–Kier alpha value is -7.42. The zero-order valence-corrected chi connectivity index (χ0v) is 69.8. The van der Waals surface area contributed by atoms with Gasteiger partial charge in [0.15, 0.2) is 11.6 Å². The Balaban J connectivity index is 0.000000221. The smallest absolute Gasteiger partial charge is 0.306 e. The molecule has 28 heteroatoms. The lowest BCUT2D eigenvalue weighted by Crippen LogP contribution is -2.48. The number of amides is 4. The maximum Gasteiger partial charge on any atom is 0.306 e. The molecule has 6 fully saturated rings. The number of ketones is 2. The van der Waals surface area contributed by atoms with Gasteiger partial charge in [-0.15, -0.1) is 0 Å². The van der Waals surface area contributed by atoms with Gasteiger partial charge >= 0.3 is 11.9 Å². The number of Topliss-reactive ketones (excluding diaryl/α,β-unsaturated/α-hetero) is 2. The summed E-state index contributed by atoms with van der Waals surface area (Å²) in [6, 6.07) is 12.2. The second-order valence-corrected chi connectivity index (χ2v) is 39.4. The van der Waals surface area contributed by atoms with Crippen LogP contribution in [0.3, 0.4) is 0 Å². The van der Waals surface area contributed by atoms with E-state index in [1.165, 1.54) is 9.80 Å². The molecule has 612 valence electrons. The van der Waals surface area contributed by atoms with Crippen LogP contribution in [0.25, 0.3) is 21.5 Å². The van der Waals surface area contributed by atoms with Crippen LogP contribution in [-0.4, -0.2) is 156 Å². The molecule has 4 aliphatic carbocycles. The summed E-state index contributed by atoms with van der Waals surface area (Å²) in [6.45, 7) is 23.3. The molecular weight excluding hydrogens is 1520 g/mol. The highest BCUT2D eigenvalue weighted by Crippen LogP contribution is 2.59. The predicted molar refractivity (Wildman–Crippen MR) is 425 cm³/mol. The van der Waals surface area contributed by atoms with Crippen molar-refractivity contribution in [2.75, 3.05) is 26.3 Å². The van der Waals surface area contributed by atoms with Gasteiger partial charge in [-0.05, 0) is 191 Å². The van der Waals surface area contributed by atoms with E-state index >= 15 is 0 Å². The summed E-state index contributed by atoms with van der Waals surface area (Å²) in [7, 11) is -7.92. The van der Waals surface area contributed by atoms with Crippen molar-refractivity contribution in [1.82, 2.24) is 29.2 Å². The number of sulfonamides is 2. The minimum atomic E-state index is -3.96. The van der Waals surface area contributed by atoms with Crippen molar-refractivity contribution < 1.29 is 83.6 Å². The third-order valence-corrected chi connectivity index (χ3v) is 29.1. The summed E-state index contributed by atoms with van der Waals surface area (Å²) < 4.78 is 91.6. The molecule has 2 aromatic carbocycles. The quantitative estimate of drug-likeness (QED) is 0.0545. The molecule has 4 aliphatic heterocycles. The van der Waals surface area contributed by atoms with Gasteiger partial charge in [-0.1, -0.05) is 101 Å². The van der Waals surface area contributed by atoms with Crippen molar-refractivity contribution in [3.63, 3.8) is 0 Å². The molecule has 0 unspecified atom stereocenters. The SMILES string of the molecule is CCCOc1cc2c(Cl)cccc2c(O[C@@H]2C[C@H]3C(=O)C[C@]4(C(=O)NS(=O)(=O)C5(C)CC5)C[C@H]4/C=C\CC[C@@H](C)C[C@@H](C)[C@H](CC(=O)OC(C)C)C(=O)N3C2)n1.CCCOc1cc2c(Cl)cccc2c(O[C@@H]2C[C@H]3C(=O)C[C@]4(C(=O)NS(=O)(=O)C5(C)CC5)C[C@H]4/C=C\CC[C@H](C)C[C@@H](C)[C@H](CC(=O)OC(C)C)C(=O)N3C2)n1. The standard InChI is InChI=1S/2C42H56ClN3O9S/c2*1-7-17-53-36-20-32-30(13-10-14-33(32)43)38(44-36)55-29-19-34-35(47)23-42(40(50)45-56(51,52)41(6)15-16-41)22-28(42)12-9-8-11-26(4)18-27(5)31(39(49)46(34)24-29)21-37(48)54-25(2)3/h2*9-10,12-14,20,25-29,31,34H,7-8,11,15-19,21-24H2,1-6H3,(H,45,50)/b2*12-9-/t26-,27+,28+,29+,31-,34-,42+;26-,27-,28-,29-,31+,34+,42-/m01/s1. The first-order valence-electron chi connectivity index (χ1n) is 40.2. The lowest BCUT2D eigenvalue weighted by molar-refractivity contribution is -0.154. The van der Waals surface area contributed by atoms with Gasteiger partial charge in [0.1, 0.15) is 12.2 Å². The number of rotatable bonds is 22. The second kappa shape index (κ2) is 35.0. The van der Waals surface area contributed by atoms with E-state index in [0.717, 1.165) is 25.7 Å². The molecule has 14 atom stereocenters. The zero-order chi connectivity index (χ0) is 81.2. The molecule has 12 rings (SSSR count). The number of fused-ring (bicyclic) bond motifs is 6. The summed E-state index contributed by atoms with van der Waals surface area (Å²) in [5, 5.41) is 3.58. The predicted octanol–water partition coefficient (Wildman–Crippen LogP) is 13.9. The van der Waals surface area contributed by atoms with Crippen LogP contribution in [0.1, 0.15) is 212 Å². The van der Waals surface area contributed by atoms with E-state index in [1.54, 1.807) is 77.9 Å². The lowest BCUT2D eigenvalue weighted by Gasteiger charge is -2.32. The highest BCUT2D eigenvalue weighted by molar-refractivity contribution is 7.92. The molecule has 6 heterocycles. The first kappa shape index (κ1) is 85.5. The fourth-order valence-corrected chi connectivity index (χ4v) is 19.7. The van der Waals surface area contributed by atoms with E-state index in [1.807, 2.05) is 64.1 Å².